The van der Waals surface area contributed by atoms with E-state index in [1.54, 1.807) is 5.32 Å². The largest absolute Gasteiger partial charge is 0.471 e. The van der Waals surface area contributed by atoms with Crippen molar-refractivity contribution >= 4 is 22.7 Å². The van der Waals surface area contributed by atoms with Crippen LogP contribution in [0.2, 0.25) is 0 Å². The Labute approximate surface area is 141 Å². The molecule has 1 heterocycles. The fraction of sp³-hybridized carbons (Fsp3) is 0.222. The maximum Gasteiger partial charge on any atom is 0.471 e. The predicted octanol–water partition coefficient (Wildman–Crippen LogP) is 5.12. The van der Waals surface area contributed by atoms with Crippen molar-refractivity contribution in [3.05, 3.63) is 48.0 Å². The van der Waals surface area contributed by atoms with Crippen molar-refractivity contribution in [2.45, 2.75) is 25.9 Å². The number of fused-ring (bicyclic) bond motifs is 1. The van der Waals surface area contributed by atoms with Crippen LogP contribution in [-0.2, 0) is 4.79 Å². The monoisotopic (exact) mass is 348 g/mol. The second-order valence-corrected chi connectivity index (χ2v) is 5.93. The summed E-state index contributed by atoms with van der Waals surface area (Å²) < 4.78 is 42.6. The minimum absolute atomic E-state index is 0.00447. The van der Waals surface area contributed by atoms with E-state index in [1.807, 2.05) is 24.3 Å². The molecule has 1 N–H and O–H groups in total. The number of nitrogens with one attached hydrogen (secondary N) is 1. The van der Waals surface area contributed by atoms with Crippen LogP contribution >= 0.6 is 0 Å². The first-order valence-corrected chi connectivity index (χ1v) is 7.63. The van der Waals surface area contributed by atoms with Crippen molar-refractivity contribution in [1.29, 1.82) is 0 Å². The number of hydrogen-bond donors (Lipinski definition) is 1. The molecule has 3 aromatic rings. The molecule has 0 aliphatic carbocycles. The zero-order valence-corrected chi connectivity index (χ0v) is 13.5. The molecule has 130 valence electrons. The highest BCUT2D eigenvalue weighted by molar-refractivity contribution is 5.96. The van der Waals surface area contributed by atoms with Gasteiger partial charge < -0.3 is 9.73 Å². The van der Waals surface area contributed by atoms with Gasteiger partial charge in [0.25, 0.3) is 0 Å². The van der Waals surface area contributed by atoms with Crippen LogP contribution < -0.4 is 5.32 Å². The van der Waals surface area contributed by atoms with E-state index >= 15 is 0 Å². The molecule has 0 bridgehead atoms. The first-order valence-electron chi connectivity index (χ1n) is 7.63. The number of oxazole rings is 1. The summed E-state index contributed by atoms with van der Waals surface area (Å²) in [5.41, 5.74) is 2.74. The average Bonchev–Trinajstić information content (AvgIpc) is 2.97. The topological polar surface area (TPSA) is 55.1 Å². The lowest BCUT2D eigenvalue weighted by Gasteiger charge is -2.07. The molecular weight excluding hydrogens is 333 g/mol. The molecule has 0 radical (unpaired) electrons. The first kappa shape index (κ1) is 17.0. The minimum atomic E-state index is -4.94. The van der Waals surface area contributed by atoms with Gasteiger partial charge in [0, 0.05) is 11.3 Å². The lowest BCUT2D eigenvalue weighted by Crippen LogP contribution is -2.29. The number of hydrogen-bond acceptors (Lipinski definition) is 3. The molecule has 0 unspecified atom stereocenters. The van der Waals surface area contributed by atoms with Gasteiger partial charge in [-0.3, -0.25) is 4.79 Å². The van der Waals surface area contributed by atoms with E-state index in [1.165, 1.54) is 23.8 Å². The van der Waals surface area contributed by atoms with Crippen molar-refractivity contribution in [3.8, 4) is 11.5 Å². The third-order valence-corrected chi connectivity index (χ3v) is 3.73. The lowest BCUT2D eigenvalue weighted by atomic mass is 10.0. The van der Waals surface area contributed by atoms with E-state index in [4.69, 9.17) is 4.42 Å². The van der Waals surface area contributed by atoms with Gasteiger partial charge in [-0.2, -0.15) is 13.2 Å². The predicted molar refractivity (Wildman–Crippen MR) is 88.2 cm³/mol. The second kappa shape index (κ2) is 6.23. The number of halogens is 3. The fourth-order valence-corrected chi connectivity index (χ4v) is 2.34. The first-order chi connectivity index (χ1) is 11.7. The number of rotatable bonds is 3. The molecule has 0 saturated carbocycles. The van der Waals surface area contributed by atoms with Gasteiger partial charge in [-0.15, -0.1) is 0 Å². The number of anilines is 1. The number of benzene rings is 2. The Kier molecular flexibility index (Phi) is 4.24. The second-order valence-electron chi connectivity index (χ2n) is 5.93. The quantitative estimate of drug-likeness (QED) is 0.715. The van der Waals surface area contributed by atoms with Crippen molar-refractivity contribution in [3.63, 3.8) is 0 Å². The number of amides is 1. The van der Waals surface area contributed by atoms with Crippen molar-refractivity contribution in [2.75, 3.05) is 5.32 Å². The molecule has 1 aromatic heterocycles. The molecule has 3 rings (SSSR count). The molecule has 0 spiro atoms. The number of alkyl halides is 3. The van der Waals surface area contributed by atoms with E-state index in [0.29, 0.717) is 22.9 Å². The zero-order valence-electron chi connectivity index (χ0n) is 13.5. The molecular formula is C18H15F3N2O2. The summed E-state index contributed by atoms with van der Waals surface area (Å²) in [5.74, 6) is -1.26. The molecule has 25 heavy (non-hydrogen) atoms. The van der Waals surface area contributed by atoms with Gasteiger partial charge in [-0.05, 0) is 41.8 Å². The summed E-state index contributed by atoms with van der Waals surface area (Å²) in [6, 6.07) is 11.9. The minimum Gasteiger partial charge on any atom is -0.436 e. The molecule has 2 aromatic carbocycles. The average molecular weight is 348 g/mol. The standard InChI is InChI=1S/C18H15F3N2O2/c1-10(2)11-3-5-12(6-4-11)16-23-14-9-13(7-8-15(14)25-16)22-17(24)18(19,20)21/h3-10H,1-2H3,(H,22,24). The Hall–Kier alpha value is -2.83. The van der Waals surface area contributed by atoms with Gasteiger partial charge >= 0.3 is 12.1 Å². The van der Waals surface area contributed by atoms with Crippen LogP contribution in [0.4, 0.5) is 18.9 Å². The summed E-state index contributed by atoms with van der Waals surface area (Å²) >= 11 is 0. The highest BCUT2D eigenvalue weighted by Crippen LogP contribution is 2.28. The Morgan fingerprint density at radius 3 is 2.40 bits per heavy atom. The van der Waals surface area contributed by atoms with Crippen molar-refractivity contribution in [2.24, 2.45) is 0 Å². The number of aromatic nitrogens is 1. The zero-order chi connectivity index (χ0) is 18.2. The Morgan fingerprint density at radius 2 is 1.80 bits per heavy atom. The van der Waals surface area contributed by atoms with Gasteiger partial charge in [-0.1, -0.05) is 26.0 Å². The van der Waals surface area contributed by atoms with Crippen LogP contribution in [0.5, 0.6) is 0 Å². The molecule has 0 aliphatic heterocycles. The maximum absolute atomic E-state index is 12.3. The van der Waals surface area contributed by atoms with Gasteiger partial charge in [0.15, 0.2) is 5.58 Å². The summed E-state index contributed by atoms with van der Waals surface area (Å²) in [7, 11) is 0. The van der Waals surface area contributed by atoms with E-state index in [0.717, 1.165) is 5.56 Å². The maximum atomic E-state index is 12.3. The highest BCUT2D eigenvalue weighted by Gasteiger charge is 2.38. The molecule has 7 heteroatoms. The van der Waals surface area contributed by atoms with Crippen LogP contribution in [0.25, 0.3) is 22.6 Å². The number of carbonyl (C=O) groups is 1. The van der Waals surface area contributed by atoms with Crippen molar-refractivity contribution < 1.29 is 22.4 Å². The molecule has 1 amide bonds. The van der Waals surface area contributed by atoms with Gasteiger partial charge in [0.05, 0.1) is 0 Å². The van der Waals surface area contributed by atoms with Gasteiger partial charge in [0.2, 0.25) is 5.89 Å². The van der Waals surface area contributed by atoms with Crippen LogP contribution in [0.3, 0.4) is 0 Å². The molecule has 0 fully saturated rings. The molecule has 0 saturated heterocycles. The van der Waals surface area contributed by atoms with Crippen LogP contribution in [-0.4, -0.2) is 17.1 Å². The van der Waals surface area contributed by atoms with E-state index in [9.17, 15) is 18.0 Å². The van der Waals surface area contributed by atoms with E-state index < -0.39 is 12.1 Å². The summed E-state index contributed by atoms with van der Waals surface area (Å²) in [4.78, 5) is 15.3. The summed E-state index contributed by atoms with van der Waals surface area (Å²) in [6.45, 7) is 4.18. The number of nitrogens with zero attached hydrogens (tertiary/aromatic N) is 1. The highest BCUT2D eigenvalue weighted by atomic mass is 19.4. The molecule has 4 nitrogen and oxygen atoms in total. The van der Waals surface area contributed by atoms with Crippen LogP contribution in [0, 0.1) is 0 Å². The van der Waals surface area contributed by atoms with Crippen LogP contribution in [0.15, 0.2) is 46.9 Å². The van der Waals surface area contributed by atoms with E-state index in [2.05, 4.69) is 18.8 Å². The van der Waals surface area contributed by atoms with Gasteiger partial charge in [0.1, 0.15) is 5.52 Å². The Morgan fingerprint density at radius 1 is 1.12 bits per heavy atom. The smallest absolute Gasteiger partial charge is 0.436 e. The molecule has 0 atom stereocenters. The van der Waals surface area contributed by atoms with Crippen LogP contribution in [0.1, 0.15) is 25.3 Å². The third-order valence-electron chi connectivity index (χ3n) is 3.73. The SMILES string of the molecule is CC(C)c1ccc(-c2nc3cc(NC(=O)C(F)(F)F)ccc3o2)cc1. The fourth-order valence-electron chi connectivity index (χ4n) is 2.34. The normalized spacial score (nSPS) is 11.9. The van der Waals surface area contributed by atoms with Crippen molar-refractivity contribution in [1.82, 2.24) is 4.98 Å². The Balaban J connectivity index is 1.88. The van der Waals surface area contributed by atoms with E-state index in [-0.39, 0.29) is 5.69 Å². The van der Waals surface area contributed by atoms with Gasteiger partial charge in [-0.25, -0.2) is 4.98 Å². The lowest BCUT2D eigenvalue weighted by molar-refractivity contribution is -0.167. The third kappa shape index (κ3) is 3.65. The Bertz CT molecular complexity index is 912. The molecule has 0 aliphatic rings. The number of carbonyl (C=O) groups excluding carboxylic acids is 1. The summed E-state index contributed by atoms with van der Waals surface area (Å²) in [6.07, 6.45) is -4.94. The summed E-state index contributed by atoms with van der Waals surface area (Å²) in [5, 5.41) is 1.80.